The summed E-state index contributed by atoms with van der Waals surface area (Å²) in [5.41, 5.74) is 2.47. The first-order valence-electron chi connectivity index (χ1n) is 11.2. The van der Waals surface area contributed by atoms with Crippen molar-refractivity contribution in [1.29, 1.82) is 0 Å². The third-order valence-corrected chi connectivity index (χ3v) is 6.32. The molecule has 0 bridgehead atoms. The van der Waals surface area contributed by atoms with E-state index < -0.39 is 0 Å². The van der Waals surface area contributed by atoms with E-state index in [0.717, 1.165) is 31.2 Å². The van der Waals surface area contributed by atoms with Crippen LogP contribution in [-0.4, -0.2) is 35.8 Å². The van der Waals surface area contributed by atoms with Crippen molar-refractivity contribution in [3.05, 3.63) is 41.5 Å². The summed E-state index contributed by atoms with van der Waals surface area (Å²) in [5, 5.41) is 3.23. The molecule has 1 aromatic rings. The van der Waals surface area contributed by atoms with Gasteiger partial charge in [-0.25, -0.2) is 0 Å². The number of hydrogen-bond acceptors (Lipinski definition) is 2. The molecule has 29 heavy (non-hydrogen) atoms. The number of rotatable bonds is 4. The third-order valence-electron chi connectivity index (χ3n) is 6.32. The van der Waals surface area contributed by atoms with Crippen molar-refractivity contribution in [2.24, 2.45) is 5.92 Å². The summed E-state index contributed by atoms with van der Waals surface area (Å²) in [5.74, 6) is 0.492. The molecule has 1 aliphatic carbocycles. The summed E-state index contributed by atoms with van der Waals surface area (Å²) >= 11 is 0. The molecule has 2 aliphatic rings. The molecule has 1 saturated heterocycles. The van der Waals surface area contributed by atoms with E-state index in [1.807, 2.05) is 11.0 Å². The predicted molar refractivity (Wildman–Crippen MR) is 118 cm³/mol. The Morgan fingerprint density at radius 2 is 1.59 bits per heavy atom. The molecule has 158 valence electrons. The van der Waals surface area contributed by atoms with Gasteiger partial charge < -0.3 is 10.2 Å². The fourth-order valence-corrected chi connectivity index (χ4v) is 4.30. The molecule has 1 saturated carbocycles. The minimum atomic E-state index is 0.0574. The maximum absolute atomic E-state index is 12.5. The van der Waals surface area contributed by atoms with Gasteiger partial charge in [-0.3, -0.25) is 9.59 Å². The molecule has 3 rings (SSSR count). The first kappa shape index (κ1) is 21.6. The Bertz CT molecular complexity index is 716. The summed E-state index contributed by atoms with van der Waals surface area (Å²) in [6.45, 7) is 8.01. The first-order valence-corrected chi connectivity index (χ1v) is 11.2. The molecular formula is C25H36N2O2. The SMILES string of the molecule is CC(C)(C)c1ccc(/C=C/C(=O)N2CCC(NC(=O)C3CCCCC3)CC2)cc1. The topological polar surface area (TPSA) is 49.4 Å². The third kappa shape index (κ3) is 6.19. The molecule has 0 radical (unpaired) electrons. The number of nitrogens with one attached hydrogen (secondary N) is 1. The Labute approximate surface area is 175 Å². The molecular weight excluding hydrogens is 360 g/mol. The van der Waals surface area contributed by atoms with E-state index in [4.69, 9.17) is 0 Å². The van der Waals surface area contributed by atoms with Gasteiger partial charge in [-0.2, -0.15) is 0 Å². The minimum absolute atomic E-state index is 0.0574. The molecule has 1 heterocycles. The van der Waals surface area contributed by atoms with Crippen LogP contribution >= 0.6 is 0 Å². The molecule has 2 fully saturated rings. The van der Waals surface area contributed by atoms with Gasteiger partial charge >= 0.3 is 0 Å². The van der Waals surface area contributed by atoms with E-state index in [1.165, 1.54) is 24.8 Å². The summed E-state index contributed by atoms with van der Waals surface area (Å²) in [6, 6.07) is 8.60. The van der Waals surface area contributed by atoms with Crippen LogP contribution in [0.15, 0.2) is 30.3 Å². The number of benzene rings is 1. The lowest BCUT2D eigenvalue weighted by Gasteiger charge is -2.33. The number of carbonyl (C=O) groups excluding carboxylic acids is 2. The van der Waals surface area contributed by atoms with E-state index in [0.29, 0.717) is 13.1 Å². The molecule has 0 aromatic heterocycles. The van der Waals surface area contributed by atoms with Crippen molar-refractivity contribution >= 4 is 17.9 Å². The van der Waals surface area contributed by atoms with Gasteiger partial charge in [0.2, 0.25) is 11.8 Å². The van der Waals surface area contributed by atoms with E-state index in [1.54, 1.807) is 6.08 Å². The summed E-state index contributed by atoms with van der Waals surface area (Å²) < 4.78 is 0. The highest BCUT2D eigenvalue weighted by molar-refractivity contribution is 5.91. The Kier molecular flexibility index (Phi) is 7.15. The second-order valence-electron chi connectivity index (χ2n) is 9.65. The average Bonchev–Trinajstić information content (AvgIpc) is 2.73. The number of amides is 2. The van der Waals surface area contributed by atoms with Gasteiger partial charge in [0.15, 0.2) is 0 Å². The van der Waals surface area contributed by atoms with Gasteiger partial charge in [-0.1, -0.05) is 64.3 Å². The zero-order valence-electron chi connectivity index (χ0n) is 18.2. The number of carbonyl (C=O) groups is 2. The van der Waals surface area contributed by atoms with Crippen molar-refractivity contribution in [2.45, 2.75) is 77.2 Å². The number of likely N-dealkylation sites (tertiary alicyclic amines) is 1. The van der Waals surface area contributed by atoms with Crippen LogP contribution in [0.3, 0.4) is 0 Å². The highest BCUT2D eigenvalue weighted by Crippen LogP contribution is 2.25. The summed E-state index contributed by atoms with van der Waals surface area (Å²) in [6.07, 6.45) is 10.9. The van der Waals surface area contributed by atoms with Crippen LogP contribution in [-0.2, 0) is 15.0 Å². The van der Waals surface area contributed by atoms with E-state index >= 15 is 0 Å². The predicted octanol–water partition coefficient (Wildman–Crippen LogP) is 4.68. The van der Waals surface area contributed by atoms with Crippen LogP contribution in [0.25, 0.3) is 6.08 Å². The lowest BCUT2D eigenvalue weighted by Crippen LogP contribution is -2.47. The van der Waals surface area contributed by atoms with Crippen molar-refractivity contribution in [3.8, 4) is 0 Å². The monoisotopic (exact) mass is 396 g/mol. The second kappa shape index (κ2) is 9.60. The zero-order valence-corrected chi connectivity index (χ0v) is 18.2. The quantitative estimate of drug-likeness (QED) is 0.751. The van der Waals surface area contributed by atoms with E-state index in [-0.39, 0.29) is 29.2 Å². The molecule has 4 nitrogen and oxygen atoms in total. The summed E-state index contributed by atoms with van der Waals surface area (Å²) in [4.78, 5) is 26.8. The van der Waals surface area contributed by atoms with Crippen molar-refractivity contribution < 1.29 is 9.59 Å². The van der Waals surface area contributed by atoms with Gasteiger partial charge in [-0.15, -0.1) is 0 Å². The van der Waals surface area contributed by atoms with Gasteiger partial charge in [-0.05, 0) is 48.3 Å². The Hall–Kier alpha value is -2.10. The first-order chi connectivity index (χ1) is 13.8. The second-order valence-corrected chi connectivity index (χ2v) is 9.65. The van der Waals surface area contributed by atoms with E-state index in [2.05, 4.69) is 50.4 Å². The maximum Gasteiger partial charge on any atom is 0.246 e. The van der Waals surface area contributed by atoms with Crippen LogP contribution in [0.1, 0.15) is 76.8 Å². The van der Waals surface area contributed by atoms with Gasteiger partial charge in [0.25, 0.3) is 0 Å². The smallest absolute Gasteiger partial charge is 0.246 e. The van der Waals surface area contributed by atoms with Crippen molar-refractivity contribution in [3.63, 3.8) is 0 Å². The number of nitrogens with zero attached hydrogens (tertiary/aromatic N) is 1. The van der Waals surface area contributed by atoms with Crippen molar-refractivity contribution in [2.75, 3.05) is 13.1 Å². The van der Waals surface area contributed by atoms with Crippen LogP contribution in [0.4, 0.5) is 0 Å². The lowest BCUT2D eigenvalue weighted by atomic mass is 9.87. The van der Waals surface area contributed by atoms with Gasteiger partial charge in [0.05, 0.1) is 0 Å². The molecule has 1 aliphatic heterocycles. The van der Waals surface area contributed by atoms with Crippen LogP contribution < -0.4 is 5.32 Å². The standard InChI is InChI=1S/C25H36N2O2/c1-25(2,3)21-12-9-19(10-13-21)11-14-23(28)27-17-15-22(16-18-27)26-24(29)20-7-5-4-6-8-20/h9-14,20,22H,4-8,15-18H2,1-3H3,(H,26,29)/b14-11+. The Balaban J connectivity index is 1.44. The van der Waals surface area contributed by atoms with Crippen molar-refractivity contribution in [1.82, 2.24) is 10.2 Å². The normalized spacial score (nSPS) is 19.5. The molecule has 1 N–H and O–H groups in total. The van der Waals surface area contributed by atoms with Gasteiger partial charge in [0, 0.05) is 31.1 Å². The fourth-order valence-electron chi connectivity index (χ4n) is 4.30. The molecule has 4 heteroatoms. The number of piperidine rings is 1. The average molecular weight is 397 g/mol. The zero-order chi connectivity index (χ0) is 20.9. The molecule has 0 unspecified atom stereocenters. The summed E-state index contributed by atoms with van der Waals surface area (Å²) in [7, 11) is 0. The minimum Gasteiger partial charge on any atom is -0.353 e. The largest absolute Gasteiger partial charge is 0.353 e. The Morgan fingerprint density at radius 1 is 0.966 bits per heavy atom. The van der Waals surface area contributed by atoms with Crippen LogP contribution in [0.2, 0.25) is 0 Å². The number of hydrogen-bond donors (Lipinski definition) is 1. The highest BCUT2D eigenvalue weighted by atomic mass is 16.2. The molecule has 1 aromatic carbocycles. The highest BCUT2D eigenvalue weighted by Gasteiger charge is 2.26. The fraction of sp³-hybridized carbons (Fsp3) is 0.600. The molecule has 0 atom stereocenters. The van der Waals surface area contributed by atoms with Crippen LogP contribution in [0, 0.1) is 5.92 Å². The Morgan fingerprint density at radius 3 is 2.17 bits per heavy atom. The lowest BCUT2D eigenvalue weighted by molar-refractivity contribution is -0.128. The maximum atomic E-state index is 12.5. The molecule has 2 amide bonds. The molecule has 0 spiro atoms. The van der Waals surface area contributed by atoms with Crippen LogP contribution in [0.5, 0.6) is 0 Å². The van der Waals surface area contributed by atoms with E-state index in [9.17, 15) is 9.59 Å². The van der Waals surface area contributed by atoms with Gasteiger partial charge in [0.1, 0.15) is 0 Å².